The van der Waals surface area contributed by atoms with E-state index in [-0.39, 0.29) is 42.5 Å². The molecule has 0 radical (unpaired) electrons. The van der Waals surface area contributed by atoms with E-state index in [1.54, 1.807) is 13.8 Å². The number of hydrogen-bond donors (Lipinski definition) is 0. The minimum absolute atomic E-state index is 0.0209. The monoisotopic (exact) mass is 426 g/mol. The van der Waals surface area contributed by atoms with Crippen LogP contribution < -0.4 is 0 Å². The molecule has 0 aliphatic carbocycles. The Kier molecular flexibility index (Phi) is 5.73. The van der Waals surface area contributed by atoms with Crippen LogP contribution in [0.3, 0.4) is 0 Å². The summed E-state index contributed by atoms with van der Waals surface area (Å²) in [7, 11) is -3.80. The van der Waals surface area contributed by atoms with Gasteiger partial charge in [-0.15, -0.1) is 0 Å². The van der Waals surface area contributed by atoms with Gasteiger partial charge in [0.2, 0.25) is 15.9 Å². The molecule has 0 N–H and O–H groups in total. The highest BCUT2D eigenvalue weighted by Gasteiger charge is 2.38. The van der Waals surface area contributed by atoms with E-state index >= 15 is 0 Å². The van der Waals surface area contributed by atoms with Crippen LogP contribution in [0.4, 0.5) is 13.2 Å². The Morgan fingerprint density at radius 2 is 1.45 bits per heavy atom. The van der Waals surface area contributed by atoms with Crippen LogP contribution >= 0.6 is 0 Å². The maximum Gasteiger partial charge on any atom is 0.243 e. The van der Waals surface area contributed by atoms with Crippen molar-refractivity contribution < 1.29 is 26.4 Å². The molecule has 2 aromatic carbocycles. The fourth-order valence-electron chi connectivity index (χ4n) is 3.39. The number of amides is 1. The van der Waals surface area contributed by atoms with Gasteiger partial charge in [0.05, 0.1) is 10.3 Å². The lowest BCUT2D eigenvalue weighted by Gasteiger charge is -2.38. The van der Waals surface area contributed by atoms with Crippen LogP contribution in [-0.4, -0.2) is 49.7 Å². The third kappa shape index (κ3) is 4.16. The van der Waals surface area contributed by atoms with Crippen molar-refractivity contribution in [2.24, 2.45) is 0 Å². The van der Waals surface area contributed by atoms with Gasteiger partial charge in [0, 0.05) is 37.8 Å². The van der Waals surface area contributed by atoms with E-state index in [0.717, 1.165) is 24.3 Å². The molecule has 9 heteroatoms. The van der Waals surface area contributed by atoms with Crippen LogP contribution in [0, 0.1) is 17.5 Å². The van der Waals surface area contributed by atoms with Crippen molar-refractivity contribution in [2.75, 3.05) is 26.2 Å². The van der Waals surface area contributed by atoms with Gasteiger partial charge in [0.1, 0.15) is 17.5 Å². The first-order valence-electron chi connectivity index (χ1n) is 9.04. The zero-order chi connectivity index (χ0) is 21.4. The van der Waals surface area contributed by atoms with Gasteiger partial charge < -0.3 is 4.90 Å². The van der Waals surface area contributed by atoms with Gasteiger partial charge in [0.15, 0.2) is 0 Å². The molecule has 1 fully saturated rings. The van der Waals surface area contributed by atoms with Crippen molar-refractivity contribution >= 4 is 15.9 Å². The minimum Gasteiger partial charge on any atom is -0.339 e. The standard InChI is InChI=1S/C20H21F3N2O3S/c1-20(2,17-8-5-15(22)13-18(17)23)19(26)24-9-11-25(12-10-24)29(27,28)16-6-3-14(21)4-7-16/h3-8,13H,9-12H2,1-2H3. The highest BCUT2D eigenvalue weighted by molar-refractivity contribution is 7.89. The fourth-order valence-corrected chi connectivity index (χ4v) is 4.82. The summed E-state index contributed by atoms with van der Waals surface area (Å²) in [6.45, 7) is 3.48. The molecule has 0 atom stereocenters. The Morgan fingerprint density at radius 1 is 0.897 bits per heavy atom. The van der Waals surface area contributed by atoms with E-state index in [1.165, 1.54) is 27.4 Å². The maximum atomic E-state index is 14.2. The summed E-state index contributed by atoms with van der Waals surface area (Å²) in [6.07, 6.45) is 0. The number of piperazine rings is 1. The lowest BCUT2D eigenvalue weighted by Crippen LogP contribution is -2.54. The summed E-state index contributed by atoms with van der Waals surface area (Å²) in [5, 5.41) is 0. The quantitative estimate of drug-likeness (QED) is 0.756. The van der Waals surface area contributed by atoms with Gasteiger partial charge in [-0.05, 0) is 44.2 Å². The third-order valence-corrected chi connectivity index (χ3v) is 7.03. The zero-order valence-corrected chi connectivity index (χ0v) is 16.8. The molecule has 1 aliphatic heterocycles. The van der Waals surface area contributed by atoms with Crippen molar-refractivity contribution in [1.82, 2.24) is 9.21 Å². The van der Waals surface area contributed by atoms with Crippen LogP contribution in [0.25, 0.3) is 0 Å². The predicted molar refractivity (Wildman–Crippen MR) is 101 cm³/mol. The van der Waals surface area contributed by atoms with Gasteiger partial charge in [-0.3, -0.25) is 4.79 Å². The number of carbonyl (C=O) groups is 1. The summed E-state index contributed by atoms with van der Waals surface area (Å²) in [5.41, 5.74) is -1.17. The number of carbonyl (C=O) groups excluding carboxylic acids is 1. The molecule has 0 bridgehead atoms. The van der Waals surface area contributed by atoms with Gasteiger partial charge >= 0.3 is 0 Å². The summed E-state index contributed by atoms with van der Waals surface area (Å²) in [5.74, 6) is -2.44. The average Bonchev–Trinajstić information content (AvgIpc) is 2.67. The molecule has 0 spiro atoms. The predicted octanol–water partition coefficient (Wildman–Crippen LogP) is 2.91. The van der Waals surface area contributed by atoms with E-state index in [0.29, 0.717) is 0 Å². The van der Waals surface area contributed by atoms with Crippen LogP contribution in [0.5, 0.6) is 0 Å². The van der Waals surface area contributed by atoms with Crippen LogP contribution in [0.2, 0.25) is 0 Å². The number of halogens is 3. The summed E-state index contributed by atoms with van der Waals surface area (Å²) < 4.78 is 67.0. The molecule has 1 amide bonds. The molecule has 1 aliphatic rings. The average molecular weight is 426 g/mol. The molecule has 5 nitrogen and oxygen atoms in total. The zero-order valence-electron chi connectivity index (χ0n) is 16.0. The molecule has 0 saturated carbocycles. The second-order valence-corrected chi connectivity index (χ2v) is 9.34. The number of hydrogen-bond acceptors (Lipinski definition) is 3. The van der Waals surface area contributed by atoms with Crippen molar-refractivity contribution in [3.63, 3.8) is 0 Å². The molecule has 0 aromatic heterocycles. The molecule has 1 heterocycles. The summed E-state index contributed by atoms with van der Waals surface area (Å²) in [4.78, 5) is 14.4. The van der Waals surface area contributed by atoms with E-state index < -0.39 is 32.9 Å². The Bertz CT molecular complexity index is 1020. The Hall–Kier alpha value is -2.39. The topological polar surface area (TPSA) is 57.7 Å². The number of benzene rings is 2. The molecule has 29 heavy (non-hydrogen) atoms. The van der Waals surface area contributed by atoms with E-state index in [9.17, 15) is 26.4 Å². The lowest BCUT2D eigenvalue weighted by molar-refractivity contribution is -0.137. The summed E-state index contributed by atoms with van der Waals surface area (Å²) in [6, 6.07) is 7.63. The van der Waals surface area contributed by atoms with Crippen molar-refractivity contribution in [3.8, 4) is 0 Å². The van der Waals surface area contributed by atoms with Gasteiger partial charge in [-0.1, -0.05) is 6.07 Å². The highest BCUT2D eigenvalue weighted by Crippen LogP contribution is 2.29. The Labute approximate surface area is 167 Å². The first-order valence-corrected chi connectivity index (χ1v) is 10.5. The maximum absolute atomic E-state index is 14.2. The van der Waals surface area contributed by atoms with Crippen LogP contribution in [0.1, 0.15) is 19.4 Å². The molecule has 1 saturated heterocycles. The largest absolute Gasteiger partial charge is 0.339 e. The highest BCUT2D eigenvalue weighted by atomic mass is 32.2. The van der Waals surface area contributed by atoms with E-state index in [1.807, 2.05) is 0 Å². The summed E-state index contributed by atoms with van der Waals surface area (Å²) >= 11 is 0. The van der Waals surface area contributed by atoms with E-state index in [4.69, 9.17) is 0 Å². The second kappa shape index (κ2) is 7.79. The van der Waals surface area contributed by atoms with E-state index in [2.05, 4.69) is 0 Å². The minimum atomic E-state index is -3.80. The van der Waals surface area contributed by atoms with Gasteiger partial charge in [-0.2, -0.15) is 4.31 Å². The smallest absolute Gasteiger partial charge is 0.243 e. The lowest BCUT2D eigenvalue weighted by atomic mass is 9.82. The number of rotatable bonds is 4. The molecule has 3 rings (SSSR count). The fraction of sp³-hybridized carbons (Fsp3) is 0.350. The molecule has 0 unspecified atom stereocenters. The number of nitrogens with zero attached hydrogens (tertiary/aromatic N) is 2. The first kappa shape index (κ1) is 21.3. The van der Waals surface area contributed by atoms with Gasteiger partial charge in [0.25, 0.3) is 0 Å². The third-order valence-electron chi connectivity index (χ3n) is 5.12. The number of sulfonamides is 1. The Balaban J connectivity index is 1.73. The van der Waals surface area contributed by atoms with Crippen LogP contribution in [0.15, 0.2) is 47.4 Å². The van der Waals surface area contributed by atoms with Gasteiger partial charge in [-0.25, -0.2) is 21.6 Å². The van der Waals surface area contributed by atoms with Crippen molar-refractivity contribution in [2.45, 2.75) is 24.2 Å². The first-order chi connectivity index (χ1) is 13.5. The normalized spacial score (nSPS) is 16.1. The SMILES string of the molecule is CC(C)(C(=O)N1CCN(S(=O)(=O)c2ccc(F)cc2)CC1)c1ccc(F)cc1F. The Morgan fingerprint density at radius 3 is 2.00 bits per heavy atom. The molecular formula is C20H21F3N2O3S. The van der Waals surface area contributed by atoms with Crippen LogP contribution in [-0.2, 0) is 20.2 Å². The molecular weight excluding hydrogens is 405 g/mol. The molecule has 156 valence electrons. The van der Waals surface area contributed by atoms with Crippen molar-refractivity contribution in [1.29, 1.82) is 0 Å². The molecule has 2 aromatic rings. The second-order valence-electron chi connectivity index (χ2n) is 7.40. The van der Waals surface area contributed by atoms with Crippen molar-refractivity contribution in [3.05, 3.63) is 65.5 Å².